The molecule has 2 aromatic rings. The Morgan fingerprint density at radius 3 is 2.59 bits per heavy atom. The Bertz CT molecular complexity index is 926. The van der Waals surface area contributed by atoms with Gasteiger partial charge >= 0.3 is 6.03 Å². The Labute approximate surface area is 171 Å². The number of carbonyl (C=O) groups is 2. The van der Waals surface area contributed by atoms with Crippen LogP contribution in [0, 0.1) is 6.92 Å². The number of hydrogen-bond acceptors (Lipinski definition) is 4. The molecule has 1 aromatic carbocycles. The summed E-state index contributed by atoms with van der Waals surface area (Å²) in [4.78, 5) is 26.7. The van der Waals surface area contributed by atoms with Crippen molar-refractivity contribution >= 4 is 11.9 Å². The quantitative estimate of drug-likeness (QED) is 0.831. The lowest BCUT2D eigenvalue weighted by Crippen LogP contribution is -2.49. The Morgan fingerprint density at radius 1 is 1.21 bits per heavy atom. The van der Waals surface area contributed by atoms with Gasteiger partial charge in [0.05, 0.1) is 11.4 Å². The van der Waals surface area contributed by atoms with Crippen LogP contribution in [0.5, 0.6) is 0 Å². The molecule has 1 aromatic heterocycles. The molecule has 8 heteroatoms. The molecule has 3 rings (SSSR count). The third-order valence-electron chi connectivity index (χ3n) is 4.77. The molecule has 0 saturated heterocycles. The third-order valence-corrected chi connectivity index (χ3v) is 4.77. The first-order valence-electron chi connectivity index (χ1n) is 9.98. The Morgan fingerprint density at radius 2 is 1.93 bits per heavy atom. The van der Waals surface area contributed by atoms with Crippen LogP contribution in [0.2, 0.25) is 0 Å². The molecule has 2 heterocycles. The Kier molecular flexibility index (Phi) is 5.64. The predicted molar refractivity (Wildman–Crippen MR) is 111 cm³/mol. The van der Waals surface area contributed by atoms with Crippen LogP contribution in [0.1, 0.15) is 61.9 Å². The summed E-state index contributed by atoms with van der Waals surface area (Å²) in [5, 5.41) is 14.2. The minimum atomic E-state index is -0.274. The number of carbonyl (C=O) groups excluding carboxylic acids is 2. The third kappa shape index (κ3) is 4.58. The molecular weight excluding hydrogens is 368 g/mol. The van der Waals surface area contributed by atoms with Crippen molar-refractivity contribution in [1.82, 2.24) is 30.5 Å². The van der Waals surface area contributed by atoms with Gasteiger partial charge in [-0.05, 0) is 65.2 Å². The first kappa shape index (κ1) is 20.8. The maximum Gasteiger partial charge on any atom is 0.318 e. The van der Waals surface area contributed by atoms with Crippen molar-refractivity contribution in [3.8, 4) is 5.69 Å². The topological polar surface area (TPSA) is 92.2 Å². The molecule has 0 saturated carbocycles. The van der Waals surface area contributed by atoms with E-state index in [1.54, 1.807) is 4.68 Å². The summed E-state index contributed by atoms with van der Waals surface area (Å²) >= 11 is 0. The molecule has 3 amide bonds. The highest BCUT2D eigenvalue weighted by Gasteiger charge is 2.26. The van der Waals surface area contributed by atoms with Crippen LogP contribution >= 0.6 is 0 Å². The van der Waals surface area contributed by atoms with Gasteiger partial charge in [-0.2, -0.15) is 0 Å². The molecule has 0 aliphatic carbocycles. The highest BCUT2D eigenvalue weighted by Crippen LogP contribution is 2.26. The fraction of sp³-hybridized carbons (Fsp3) is 0.524. The van der Waals surface area contributed by atoms with Gasteiger partial charge in [0.25, 0.3) is 5.91 Å². The summed E-state index contributed by atoms with van der Waals surface area (Å²) in [5.74, 6) is -0.224. The molecule has 0 spiro atoms. The van der Waals surface area contributed by atoms with E-state index in [0.717, 1.165) is 23.2 Å². The maximum absolute atomic E-state index is 12.5. The largest absolute Gasteiger partial charge is 0.348 e. The summed E-state index contributed by atoms with van der Waals surface area (Å²) in [6.07, 6.45) is 0.718. The van der Waals surface area contributed by atoms with Crippen LogP contribution in [-0.4, -0.2) is 50.0 Å². The zero-order chi connectivity index (χ0) is 21.3. The van der Waals surface area contributed by atoms with Crippen LogP contribution in [-0.2, 0) is 13.0 Å². The highest BCUT2D eigenvalue weighted by atomic mass is 16.2. The van der Waals surface area contributed by atoms with Gasteiger partial charge < -0.3 is 15.5 Å². The van der Waals surface area contributed by atoms with Gasteiger partial charge in [0.15, 0.2) is 5.69 Å². The number of hydrogen-bond donors (Lipinski definition) is 2. The van der Waals surface area contributed by atoms with Gasteiger partial charge in [-0.25, -0.2) is 9.48 Å². The van der Waals surface area contributed by atoms with Crippen molar-refractivity contribution < 1.29 is 9.59 Å². The average Bonchev–Trinajstić information content (AvgIpc) is 3.00. The summed E-state index contributed by atoms with van der Waals surface area (Å²) in [6, 6.07) is 5.94. The number of amides is 3. The zero-order valence-corrected chi connectivity index (χ0v) is 18.0. The first-order chi connectivity index (χ1) is 13.6. The van der Waals surface area contributed by atoms with Gasteiger partial charge in [-0.3, -0.25) is 4.79 Å². The summed E-state index contributed by atoms with van der Waals surface area (Å²) in [6.45, 7) is 12.8. The second-order valence-electron chi connectivity index (χ2n) is 8.83. The molecule has 1 aliphatic heterocycles. The molecule has 1 aliphatic rings. The minimum Gasteiger partial charge on any atom is -0.348 e. The molecule has 29 heavy (non-hydrogen) atoms. The first-order valence-corrected chi connectivity index (χ1v) is 9.98. The molecule has 0 atom stereocenters. The lowest BCUT2D eigenvalue weighted by Gasteiger charge is -2.33. The molecule has 0 unspecified atom stereocenters. The van der Waals surface area contributed by atoms with E-state index in [0.29, 0.717) is 24.5 Å². The lowest BCUT2D eigenvalue weighted by molar-refractivity contribution is 0.0937. The van der Waals surface area contributed by atoms with Crippen LogP contribution in [0.25, 0.3) is 5.69 Å². The van der Waals surface area contributed by atoms with Crippen LogP contribution in [0.15, 0.2) is 18.2 Å². The van der Waals surface area contributed by atoms with Crippen LogP contribution < -0.4 is 10.6 Å². The summed E-state index contributed by atoms with van der Waals surface area (Å²) < 4.78 is 1.72. The van der Waals surface area contributed by atoms with Gasteiger partial charge in [-0.1, -0.05) is 17.3 Å². The second-order valence-corrected chi connectivity index (χ2v) is 8.83. The fourth-order valence-corrected chi connectivity index (χ4v) is 3.46. The van der Waals surface area contributed by atoms with Gasteiger partial charge in [0.1, 0.15) is 0 Å². The zero-order valence-electron chi connectivity index (χ0n) is 18.0. The molecule has 0 bridgehead atoms. The van der Waals surface area contributed by atoms with Crippen LogP contribution in [0.3, 0.4) is 0 Å². The van der Waals surface area contributed by atoms with Crippen molar-refractivity contribution in [2.24, 2.45) is 0 Å². The number of urea groups is 1. The number of rotatable bonds is 3. The molecular formula is C21H30N6O2. The molecule has 0 fully saturated rings. The standard InChI is InChI=1S/C21H30N6O2/c1-13(2)22-19(28)18-14(3)27(25-24-18)17-9-7-8-15-12-26(11-10-16(15)17)20(29)23-21(4,5)6/h7-9,13H,10-12H2,1-6H3,(H,22,28)(H,23,29). The van der Waals surface area contributed by atoms with E-state index in [2.05, 4.69) is 20.9 Å². The van der Waals surface area contributed by atoms with E-state index in [9.17, 15) is 9.59 Å². The number of nitrogens with one attached hydrogen (secondary N) is 2. The van der Waals surface area contributed by atoms with E-state index in [1.165, 1.54) is 0 Å². The average molecular weight is 399 g/mol. The molecule has 2 N–H and O–H groups in total. The van der Waals surface area contributed by atoms with Gasteiger partial charge in [0, 0.05) is 24.7 Å². The van der Waals surface area contributed by atoms with Crippen molar-refractivity contribution in [2.45, 2.75) is 66.1 Å². The highest BCUT2D eigenvalue weighted by molar-refractivity contribution is 5.93. The predicted octanol–water partition coefficient (Wildman–Crippen LogP) is 2.58. The van der Waals surface area contributed by atoms with Crippen molar-refractivity contribution in [1.29, 1.82) is 0 Å². The minimum absolute atomic E-state index is 0.0294. The van der Waals surface area contributed by atoms with Gasteiger partial charge in [-0.15, -0.1) is 5.10 Å². The van der Waals surface area contributed by atoms with E-state index in [4.69, 9.17) is 0 Å². The number of nitrogens with zero attached hydrogens (tertiary/aromatic N) is 4. The van der Waals surface area contributed by atoms with Crippen molar-refractivity contribution in [3.05, 3.63) is 40.7 Å². The smallest absolute Gasteiger partial charge is 0.318 e. The van der Waals surface area contributed by atoms with E-state index in [1.807, 2.05) is 64.6 Å². The SMILES string of the molecule is Cc1c(C(=O)NC(C)C)nnn1-c1cccc2c1CCN(C(=O)NC(C)(C)C)C2. The van der Waals surface area contributed by atoms with Crippen molar-refractivity contribution in [3.63, 3.8) is 0 Å². The molecule has 8 nitrogen and oxygen atoms in total. The van der Waals surface area contributed by atoms with Gasteiger partial charge in [0.2, 0.25) is 0 Å². The summed E-state index contributed by atoms with van der Waals surface area (Å²) in [7, 11) is 0. The molecule has 0 radical (unpaired) electrons. The monoisotopic (exact) mass is 398 g/mol. The molecule has 156 valence electrons. The number of fused-ring (bicyclic) bond motifs is 1. The number of aromatic nitrogens is 3. The van der Waals surface area contributed by atoms with E-state index >= 15 is 0 Å². The van der Waals surface area contributed by atoms with Crippen LogP contribution in [0.4, 0.5) is 4.79 Å². The summed E-state index contributed by atoms with van der Waals surface area (Å²) in [5.41, 5.74) is 3.89. The lowest BCUT2D eigenvalue weighted by atomic mass is 9.97. The second kappa shape index (κ2) is 7.85. The fourth-order valence-electron chi connectivity index (χ4n) is 3.46. The normalized spacial score (nSPS) is 14.0. The Hall–Kier alpha value is -2.90. The van der Waals surface area contributed by atoms with E-state index in [-0.39, 0.29) is 23.5 Å². The maximum atomic E-state index is 12.5. The van der Waals surface area contributed by atoms with Crippen molar-refractivity contribution in [2.75, 3.05) is 6.54 Å². The number of benzene rings is 1. The van der Waals surface area contributed by atoms with E-state index < -0.39 is 0 Å². The Balaban J connectivity index is 1.87.